The Morgan fingerprint density at radius 3 is 3.05 bits per heavy atom. The van der Waals surface area contributed by atoms with Crippen molar-refractivity contribution in [2.24, 2.45) is 0 Å². The molecule has 0 N–H and O–H groups in total. The molecule has 1 atom stereocenters. The number of thiazole rings is 1. The Kier molecular flexibility index (Phi) is 3.70. The van der Waals surface area contributed by atoms with Gasteiger partial charge in [0.15, 0.2) is 5.13 Å². The van der Waals surface area contributed by atoms with Crippen LogP contribution in [0.2, 0.25) is 0 Å². The number of hydrogen-bond acceptors (Lipinski definition) is 5. The van der Waals surface area contributed by atoms with E-state index < -0.39 is 0 Å². The van der Waals surface area contributed by atoms with Gasteiger partial charge in [0, 0.05) is 23.7 Å². The number of rotatable bonds is 3. The summed E-state index contributed by atoms with van der Waals surface area (Å²) in [6.07, 6.45) is 8.83. The topological polar surface area (TPSA) is 51.0 Å². The van der Waals surface area contributed by atoms with Gasteiger partial charge in [-0.3, -0.25) is 4.79 Å². The van der Waals surface area contributed by atoms with Gasteiger partial charge in [-0.15, -0.1) is 11.3 Å². The molecule has 0 amide bonds. The van der Waals surface area contributed by atoms with Crippen LogP contribution in [0, 0.1) is 0 Å². The Labute approximate surface area is 133 Å². The van der Waals surface area contributed by atoms with Crippen LogP contribution in [-0.4, -0.2) is 27.4 Å². The lowest BCUT2D eigenvalue weighted by molar-refractivity contribution is 0.488. The highest BCUT2D eigenvalue weighted by Crippen LogP contribution is 2.35. The lowest BCUT2D eigenvalue weighted by Crippen LogP contribution is -2.36. The predicted octanol–water partition coefficient (Wildman–Crippen LogP) is 2.25. The zero-order valence-corrected chi connectivity index (χ0v) is 13.4. The molecule has 2 aromatic heterocycles. The van der Waals surface area contributed by atoms with Crippen molar-refractivity contribution in [2.45, 2.75) is 51.1 Å². The fourth-order valence-corrected chi connectivity index (χ4v) is 4.71. The number of nitrogens with zero attached hydrogens (tertiary/aromatic N) is 4. The number of anilines is 1. The van der Waals surface area contributed by atoms with Gasteiger partial charge in [-0.2, -0.15) is 5.10 Å². The van der Waals surface area contributed by atoms with Gasteiger partial charge < -0.3 is 4.90 Å². The first-order valence-corrected chi connectivity index (χ1v) is 8.90. The van der Waals surface area contributed by atoms with Crippen LogP contribution in [0.1, 0.15) is 36.3 Å². The van der Waals surface area contributed by atoms with Gasteiger partial charge in [-0.1, -0.05) is 0 Å². The predicted molar refractivity (Wildman–Crippen MR) is 87.6 cm³/mol. The molecule has 5 nitrogen and oxygen atoms in total. The molecular weight excluding hydrogens is 296 g/mol. The summed E-state index contributed by atoms with van der Waals surface area (Å²) >= 11 is 1.86. The first-order valence-electron chi connectivity index (χ1n) is 8.08. The van der Waals surface area contributed by atoms with Crippen molar-refractivity contribution in [1.29, 1.82) is 0 Å². The molecule has 1 aliphatic carbocycles. The van der Waals surface area contributed by atoms with Crippen molar-refractivity contribution in [3.8, 4) is 0 Å². The summed E-state index contributed by atoms with van der Waals surface area (Å²) < 4.78 is 1.58. The fourth-order valence-electron chi connectivity index (χ4n) is 3.46. The van der Waals surface area contributed by atoms with Crippen LogP contribution in [0.3, 0.4) is 0 Å². The van der Waals surface area contributed by atoms with Gasteiger partial charge in [-0.25, -0.2) is 9.67 Å². The van der Waals surface area contributed by atoms with E-state index in [9.17, 15) is 4.79 Å². The number of aryl methyl sites for hydroxylation is 2. The third kappa shape index (κ3) is 2.56. The highest BCUT2D eigenvalue weighted by atomic mass is 32.1. The molecule has 0 saturated carbocycles. The molecule has 6 heteroatoms. The van der Waals surface area contributed by atoms with Crippen LogP contribution < -0.4 is 10.5 Å². The number of aromatic nitrogens is 3. The fraction of sp³-hybridized carbons (Fsp3) is 0.562. The van der Waals surface area contributed by atoms with E-state index in [1.165, 1.54) is 29.8 Å². The van der Waals surface area contributed by atoms with Crippen LogP contribution in [0.25, 0.3) is 0 Å². The van der Waals surface area contributed by atoms with Crippen molar-refractivity contribution in [3.63, 3.8) is 0 Å². The minimum absolute atomic E-state index is 0.0206. The minimum Gasteiger partial charge on any atom is -0.343 e. The summed E-state index contributed by atoms with van der Waals surface area (Å²) in [5.74, 6) is 0. The Hall–Kier alpha value is -1.69. The molecule has 116 valence electrons. The van der Waals surface area contributed by atoms with Crippen LogP contribution >= 0.6 is 11.3 Å². The zero-order chi connectivity index (χ0) is 14.9. The molecule has 1 saturated heterocycles. The number of hydrogen-bond donors (Lipinski definition) is 0. The smallest absolute Gasteiger partial charge is 0.266 e. The van der Waals surface area contributed by atoms with Crippen molar-refractivity contribution in [3.05, 3.63) is 39.3 Å². The maximum absolute atomic E-state index is 11.9. The average Bonchev–Trinajstić information content (AvgIpc) is 3.15. The largest absolute Gasteiger partial charge is 0.343 e. The lowest BCUT2D eigenvalue weighted by Gasteiger charge is -2.24. The minimum atomic E-state index is -0.0206. The second-order valence-corrected chi connectivity index (χ2v) is 7.17. The van der Waals surface area contributed by atoms with Gasteiger partial charge in [-0.05, 0) is 44.6 Å². The molecule has 0 bridgehead atoms. The van der Waals surface area contributed by atoms with Gasteiger partial charge in [0.2, 0.25) is 0 Å². The van der Waals surface area contributed by atoms with Crippen molar-refractivity contribution in [1.82, 2.24) is 14.8 Å². The number of fused-ring (bicyclic) bond motifs is 1. The van der Waals surface area contributed by atoms with E-state index in [2.05, 4.69) is 10.00 Å². The van der Waals surface area contributed by atoms with Crippen LogP contribution in [0.4, 0.5) is 5.13 Å². The Bertz CT molecular complexity index is 699. The Morgan fingerprint density at radius 2 is 2.18 bits per heavy atom. The monoisotopic (exact) mass is 316 g/mol. The summed E-state index contributed by atoms with van der Waals surface area (Å²) in [5, 5.41) is 5.35. The Morgan fingerprint density at radius 1 is 1.27 bits per heavy atom. The van der Waals surface area contributed by atoms with E-state index in [1.54, 1.807) is 23.0 Å². The standard InChI is InChI=1S/C16H20N4OS/c21-15-8-3-9-17-20(15)11-12-5-4-10-19(12)16-18-13-6-1-2-7-14(13)22-16/h3,8-9,12H,1-2,4-7,10-11H2. The highest BCUT2D eigenvalue weighted by molar-refractivity contribution is 7.15. The summed E-state index contributed by atoms with van der Waals surface area (Å²) in [7, 11) is 0. The van der Waals surface area contributed by atoms with Crippen molar-refractivity contribution >= 4 is 16.5 Å². The van der Waals surface area contributed by atoms with Crippen molar-refractivity contribution in [2.75, 3.05) is 11.4 Å². The van der Waals surface area contributed by atoms with Crippen LogP contribution in [-0.2, 0) is 19.4 Å². The third-order valence-corrected chi connectivity index (χ3v) is 5.82. The van der Waals surface area contributed by atoms with E-state index in [1.807, 2.05) is 11.3 Å². The molecule has 2 aromatic rings. The second-order valence-electron chi connectivity index (χ2n) is 6.11. The molecule has 0 radical (unpaired) electrons. The maximum Gasteiger partial charge on any atom is 0.266 e. The van der Waals surface area contributed by atoms with Gasteiger partial charge in [0.1, 0.15) is 0 Å². The molecule has 4 rings (SSSR count). The molecule has 0 spiro atoms. The van der Waals surface area contributed by atoms with Crippen LogP contribution in [0.5, 0.6) is 0 Å². The molecule has 2 aliphatic rings. The highest BCUT2D eigenvalue weighted by Gasteiger charge is 2.29. The van der Waals surface area contributed by atoms with E-state index in [0.717, 1.165) is 30.9 Å². The quantitative estimate of drug-likeness (QED) is 0.871. The molecule has 1 aliphatic heterocycles. The maximum atomic E-state index is 11.9. The van der Waals surface area contributed by atoms with Gasteiger partial charge >= 0.3 is 0 Å². The molecule has 0 aromatic carbocycles. The van der Waals surface area contributed by atoms with Crippen molar-refractivity contribution < 1.29 is 0 Å². The van der Waals surface area contributed by atoms with Gasteiger partial charge in [0.05, 0.1) is 18.3 Å². The Balaban J connectivity index is 1.57. The average molecular weight is 316 g/mol. The molecule has 22 heavy (non-hydrogen) atoms. The molecule has 1 fully saturated rings. The normalized spacial score (nSPS) is 21.1. The molecule has 3 heterocycles. The summed E-state index contributed by atoms with van der Waals surface area (Å²) in [6.45, 7) is 1.70. The van der Waals surface area contributed by atoms with E-state index in [-0.39, 0.29) is 5.56 Å². The van der Waals surface area contributed by atoms with E-state index in [4.69, 9.17) is 4.98 Å². The summed E-state index contributed by atoms with van der Waals surface area (Å²) in [6, 6.07) is 3.61. The first kappa shape index (κ1) is 13.9. The van der Waals surface area contributed by atoms with Gasteiger partial charge in [0.25, 0.3) is 5.56 Å². The SMILES string of the molecule is O=c1cccnn1CC1CCCN1c1nc2c(s1)CCCC2. The summed E-state index contributed by atoms with van der Waals surface area (Å²) in [4.78, 5) is 20.6. The summed E-state index contributed by atoms with van der Waals surface area (Å²) in [5.41, 5.74) is 1.29. The third-order valence-electron chi connectivity index (χ3n) is 4.63. The first-order chi connectivity index (χ1) is 10.8. The van der Waals surface area contributed by atoms with Crippen LogP contribution in [0.15, 0.2) is 23.1 Å². The lowest BCUT2D eigenvalue weighted by atomic mass is 10.0. The molecular formula is C16H20N4OS. The van der Waals surface area contributed by atoms with E-state index >= 15 is 0 Å². The second kappa shape index (κ2) is 5.83. The van der Waals surface area contributed by atoms with E-state index in [0.29, 0.717) is 12.6 Å². The zero-order valence-electron chi connectivity index (χ0n) is 12.6. The molecule has 1 unspecified atom stereocenters.